The van der Waals surface area contributed by atoms with E-state index in [1.165, 1.54) is 16.9 Å². The second-order valence-corrected chi connectivity index (χ2v) is 6.55. The van der Waals surface area contributed by atoms with Gasteiger partial charge in [0.25, 0.3) is 0 Å². The predicted octanol–water partition coefficient (Wildman–Crippen LogP) is 4.95. The Balaban J connectivity index is 1.65. The van der Waals surface area contributed by atoms with Crippen molar-refractivity contribution in [2.75, 3.05) is 5.32 Å². The molecule has 0 fully saturated rings. The number of aromatic nitrogens is 1. The van der Waals surface area contributed by atoms with E-state index in [0.29, 0.717) is 16.6 Å². The van der Waals surface area contributed by atoms with Gasteiger partial charge in [0.05, 0.1) is 12.1 Å². The summed E-state index contributed by atoms with van der Waals surface area (Å²) in [5, 5.41) is 6.06. The Morgan fingerprint density at radius 2 is 1.83 bits per heavy atom. The van der Waals surface area contributed by atoms with Gasteiger partial charge in [-0.1, -0.05) is 53.6 Å². The molecule has 0 atom stereocenters. The molecule has 2 aromatic carbocycles. The molecule has 1 amide bonds. The molecule has 0 unspecified atom stereocenters. The number of nitrogens with one attached hydrogen (secondary N) is 1. The van der Waals surface area contributed by atoms with Crippen molar-refractivity contribution in [2.45, 2.75) is 13.3 Å². The molecule has 0 aliphatic heterocycles. The minimum Gasteiger partial charge on any atom is -0.302 e. The van der Waals surface area contributed by atoms with E-state index in [-0.39, 0.29) is 5.91 Å². The lowest BCUT2D eigenvalue weighted by molar-refractivity contribution is -0.115. The number of hydrogen-bond donors (Lipinski definition) is 1. The standard InChI is InChI=1S/C18H15ClN2OS/c1-12-2-6-14(7-3-12)16-11-23-18(20-16)21-17(22)10-13-4-8-15(19)9-5-13/h2-9,11H,10H2,1H3,(H,20,21,22). The van der Waals surface area contributed by atoms with Crippen LogP contribution in [0.25, 0.3) is 11.3 Å². The summed E-state index contributed by atoms with van der Waals surface area (Å²) in [4.78, 5) is 16.6. The van der Waals surface area contributed by atoms with Crippen LogP contribution in [-0.4, -0.2) is 10.9 Å². The van der Waals surface area contributed by atoms with E-state index in [4.69, 9.17) is 11.6 Å². The predicted molar refractivity (Wildman–Crippen MR) is 96.1 cm³/mol. The Labute approximate surface area is 144 Å². The minimum absolute atomic E-state index is 0.0860. The Bertz CT molecular complexity index is 810. The number of hydrogen-bond acceptors (Lipinski definition) is 3. The number of carbonyl (C=O) groups excluding carboxylic acids is 1. The molecule has 5 heteroatoms. The summed E-state index contributed by atoms with van der Waals surface area (Å²) in [6.45, 7) is 2.05. The molecule has 0 saturated carbocycles. The van der Waals surface area contributed by atoms with Crippen LogP contribution in [0.15, 0.2) is 53.9 Å². The smallest absolute Gasteiger partial charge is 0.230 e. The molecule has 0 bridgehead atoms. The molecule has 0 aliphatic rings. The summed E-state index contributed by atoms with van der Waals surface area (Å²) in [5.41, 5.74) is 4.05. The maximum atomic E-state index is 12.1. The van der Waals surface area contributed by atoms with Crippen LogP contribution in [0.2, 0.25) is 5.02 Å². The molecule has 0 aliphatic carbocycles. The van der Waals surface area contributed by atoms with Crippen LogP contribution in [0, 0.1) is 6.92 Å². The highest BCUT2D eigenvalue weighted by molar-refractivity contribution is 7.14. The van der Waals surface area contributed by atoms with Crippen molar-refractivity contribution in [3.63, 3.8) is 0 Å². The third-order valence-electron chi connectivity index (χ3n) is 3.38. The van der Waals surface area contributed by atoms with Crippen molar-refractivity contribution in [3.05, 3.63) is 70.1 Å². The third-order valence-corrected chi connectivity index (χ3v) is 4.39. The number of rotatable bonds is 4. The van der Waals surface area contributed by atoms with Gasteiger partial charge < -0.3 is 5.32 Å². The van der Waals surface area contributed by atoms with Gasteiger partial charge in [-0.2, -0.15) is 0 Å². The maximum absolute atomic E-state index is 12.1. The Hall–Kier alpha value is -2.17. The summed E-state index contributed by atoms with van der Waals surface area (Å²) in [7, 11) is 0. The van der Waals surface area contributed by atoms with Gasteiger partial charge in [-0.3, -0.25) is 4.79 Å². The van der Waals surface area contributed by atoms with Crippen molar-refractivity contribution in [1.29, 1.82) is 0 Å². The molecular weight excluding hydrogens is 328 g/mol. The lowest BCUT2D eigenvalue weighted by Gasteiger charge is -2.02. The highest BCUT2D eigenvalue weighted by Gasteiger charge is 2.09. The third kappa shape index (κ3) is 4.18. The number of halogens is 1. The molecule has 0 radical (unpaired) electrons. The van der Waals surface area contributed by atoms with Gasteiger partial charge in [-0.15, -0.1) is 11.3 Å². The van der Waals surface area contributed by atoms with E-state index in [2.05, 4.69) is 10.3 Å². The zero-order valence-corrected chi connectivity index (χ0v) is 14.1. The van der Waals surface area contributed by atoms with Gasteiger partial charge in [0.1, 0.15) is 0 Å². The summed E-state index contributed by atoms with van der Waals surface area (Å²) in [5.74, 6) is -0.0860. The molecule has 23 heavy (non-hydrogen) atoms. The van der Waals surface area contributed by atoms with Crippen LogP contribution in [0.3, 0.4) is 0 Å². The molecule has 1 N–H and O–H groups in total. The Kier molecular flexibility index (Phi) is 4.74. The second kappa shape index (κ2) is 6.94. The molecule has 1 heterocycles. The molecule has 3 nitrogen and oxygen atoms in total. The number of carbonyl (C=O) groups is 1. The van der Waals surface area contributed by atoms with Crippen molar-refractivity contribution < 1.29 is 4.79 Å². The van der Waals surface area contributed by atoms with E-state index in [1.807, 2.05) is 48.7 Å². The zero-order valence-electron chi connectivity index (χ0n) is 12.5. The molecule has 116 valence electrons. The highest BCUT2D eigenvalue weighted by Crippen LogP contribution is 2.25. The van der Waals surface area contributed by atoms with Crippen molar-refractivity contribution >= 4 is 34.0 Å². The van der Waals surface area contributed by atoms with Crippen molar-refractivity contribution in [3.8, 4) is 11.3 Å². The van der Waals surface area contributed by atoms with Gasteiger partial charge >= 0.3 is 0 Å². The first-order valence-electron chi connectivity index (χ1n) is 7.17. The van der Waals surface area contributed by atoms with Crippen LogP contribution < -0.4 is 5.32 Å². The van der Waals surface area contributed by atoms with E-state index in [9.17, 15) is 4.79 Å². The van der Waals surface area contributed by atoms with Crippen molar-refractivity contribution in [1.82, 2.24) is 4.98 Å². The number of anilines is 1. The number of aryl methyl sites for hydroxylation is 1. The molecule has 0 spiro atoms. The lowest BCUT2D eigenvalue weighted by atomic mass is 10.1. The first-order valence-corrected chi connectivity index (χ1v) is 8.43. The highest BCUT2D eigenvalue weighted by atomic mass is 35.5. The summed E-state index contributed by atoms with van der Waals surface area (Å²) in [6.07, 6.45) is 0.302. The Morgan fingerprint density at radius 3 is 2.52 bits per heavy atom. The lowest BCUT2D eigenvalue weighted by Crippen LogP contribution is -2.14. The molecule has 3 rings (SSSR count). The van der Waals surface area contributed by atoms with E-state index in [0.717, 1.165) is 16.8 Å². The van der Waals surface area contributed by atoms with Gasteiger partial charge in [0.15, 0.2) is 5.13 Å². The SMILES string of the molecule is Cc1ccc(-c2csc(NC(=O)Cc3ccc(Cl)cc3)n2)cc1. The fourth-order valence-corrected chi connectivity index (χ4v) is 3.00. The fourth-order valence-electron chi connectivity index (χ4n) is 2.14. The van der Waals surface area contributed by atoms with Gasteiger partial charge in [0, 0.05) is 16.0 Å². The van der Waals surface area contributed by atoms with Gasteiger partial charge in [0.2, 0.25) is 5.91 Å². The average Bonchev–Trinajstić information content (AvgIpc) is 2.98. The topological polar surface area (TPSA) is 42.0 Å². The van der Waals surface area contributed by atoms with E-state index in [1.54, 1.807) is 12.1 Å². The summed E-state index contributed by atoms with van der Waals surface area (Å²) in [6, 6.07) is 15.4. The largest absolute Gasteiger partial charge is 0.302 e. The average molecular weight is 343 g/mol. The summed E-state index contributed by atoms with van der Waals surface area (Å²) < 4.78 is 0. The first-order chi connectivity index (χ1) is 11.1. The molecule has 1 aromatic heterocycles. The monoisotopic (exact) mass is 342 g/mol. The van der Waals surface area contributed by atoms with Crippen LogP contribution in [0.4, 0.5) is 5.13 Å². The number of amides is 1. The fraction of sp³-hybridized carbons (Fsp3) is 0.111. The minimum atomic E-state index is -0.0860. The molecule has 3 aromatic rings. The van der Waals surface area contributed by atoms with Crippen LogP contribution in [-0.2, 0) is 11.2 Å². The molecular formula is C18H15ClN2OS. The van der Waals surface area contributed by atoms with Gasteiger partial charge in [-0.25, -0.2) is 4.98 Å². The van der Waals surface area contributed by atoms with E-state index < -0.39 is 0 Å². The number of thiazole rings is 1. The summed E-state index contributed by atoms with van der Waals surface area (Å²) >= 11 is 7.27. The van der Waals surface area contributed by atoms with Crippen LogP contribution in [0.5, 0.6) is 0 Å². The van der Waals surface area contributed by atoms with Crippen molar-refractivity contribution in [2.24, 2.45) is 0 Å². The van der Waals surface area contributed by atoms with Crippen LogP contribution in [0.1, 0.15) is 11.1 Å². The Morgan fingerprint density at radius 1 is 1.13 bits per heavy atom. The molecule has 0 saturated heterocycles. The van der Waals surface area contributed by atoms with E-state index >= 15 is 0 Å². The number of nitrogens with zero attached hydrogens (tertiary/aromatic N) is 1. The van der Waals surface area contributed by atoms with Gasteiger partial charge in [-0.05, 0) is 24.6 Å². The quantitative estimate of drug-likeness (QED) is 0.728. The second-order valence-electron chi connectivity index (χ2n) is 5.26. The normalized spacial score (nSPS) is 10.5. The maximum Gasteiger partial charge on any atom is 0.230 e. The van der Waals surface area contributed by atoms with Crippen LogP contribution >= 0.6 is 22.9 Å². The zero-order chi connectivity index (χ0) is 16.2. The number of benzene rings is 2. The first kappa shape index (κ1) is 15.7.